The molecule has 256 valence electrons. The summed E-state index contributed by atoms with van der Waals surface area (Å²) in [6, 6.07) is 12.1. The number of aromatic nitrogens is 4. The minimum atomic E-state index is -3.67. The number of anilines is 3. The van der Waals surface area contributed by atoms with Crippen molar-refractivity contribution in [3.05, 3.63) is 89.0 Å². The van der Waals surface area contributed by atoms with Gasteiger partial charge in [-0.15, -0.1) is 0 Å². The van der Waals surface area contributed by atoms with Crippen molar-refractivity contribution in [2.75, 3.05) is 48.0 Å². The molecule has 16 heteroatoms. The van der Waals surface area contributed by atoms with Crippen molar-refractivity contribution in [1.82, 2.24) is 24.6 Å². The van der Waals surface area contributed by atoms with Gasteiger partial charge in [0.15, 0.2) is 0 Å². The maximum absolute atomic E-state index is 14.1. The van der Waals surface area contributed by atoms with Crippen LogP contribution in [0, 0.1) is 25.5 Å². The molecular weight excluding hydrogens is 646 g/mol. The summed E-state index contributed by atoms with van der Waals surface area (Å²) in [4.78, 5) is 38.3. The van der Waals surface area contributed by atoms with Crippen LogP contribution in [0.25, 0.3) is 5.69 Å². The predicted octanol–water partition coefficient (Wildman–Crippen LogP) is 4.97. The van der Waals surface area contributed by atoms with Gasteiger partial charge in [-0.3, -0.25) is 19.6 Å². The number of nitrogens with zero attached hydrogens (tertiary/aromatic N) is 6. The number of urea groups is 1. The summed E-state index contributed by atoms with van der Waals surface area (Å²) in [6.45, 7) is 11.3. The highest BCUT2D eigenvalue weighted by Gasteiger charge is 2.27. The summed E-state index contributed by atoms with van der Waals surface area (Å²) in [5.41, 5.74) is 2.77. The Labute approximate surface area is 277 Å². The molecule has 4 heterocycles. The number of halogens is 2. The molecule has 1 aromatic carbocycles. The monoisotopic (exact) mass is 684 g/mol. The van der Waals surface area contributed by atoms with E-state index >= 15 is 0 Å². The minimum Gasteiger partial charge on any atom is -0.353 e. The number of pyridine rings is 2. The molecule has 0 spiro atoms. The lowest BCUT2D eigenvalue weighted by Gasteiger charge is -2.35. The Morgan fingerprint density at radius 1 is 0.938 bits per heavy atom. The predicted molar refractivity (Wildman–Crippen MR) is 178 cm³/mol. The first-order chi connectivity index (χ1) is 22.4. The highest BCUT2D eigenvalue weighted by molar-refractivity contribution is 7.85. The van der Waals surface area contributed by atoms with Gasteiger partial charge in [0.05, 0.1) is 35.2 Å². The smallest absolute Gasteiger partial charge is 0.324 e. The third-order valence-electron chi connectivity index (χ3n) is 7.25. The molecule has 0 saturated carbocycles. The Hall–Kier alpha value is -4.96. The highest BCUT2D eigenvalue weighted by atomic mass is 32.2. The molecule has 0 bridgehead atoms. The largest absolute Gasteiger partial charge is 0.353 e. The van der Waals surface area contributed by atoms with Crippen molar-refractivity contribution in [3.8, 4) is 5.69 Å². The van der Waals surface area contributed by atoms with Crippen LogP contribution in [0.4, 0.5) is 30.9 Å². The number of aryl methyl sites for hydroxylation is 2. The Balaban J connectivity index is 0.000000968. The number of piperazine rings is 1. The van der Waals surface area contributed by atoms with Crippen LogP contribution in [-0.2, 0) is 15.5 Å². The maximum Gasteiger partial charge on any atom is 0.324 e. The van der Waals surface area contributed by atoms with Gasteiger partial charge in [-0.1, -0.05) is 26.8 Å². The normalized spacial score (nSPS) is 13.4. The van der Waals surface area contributed by atoms with Crippen molar-refractivity contribution in [3.63, 3.8) is 0 Å². The van der Waals surface area contributed by atoms with Crippen LogP contribution < -0.4 is 15.5 Å². The van der Waals surface area contributed by atoms with E-state index in [9.17, 15) is 26.8 Å². The fourth-order valence-corrected chi connectivity index (χ4v) is 4.74. The summed E-state index contributed by atoms with van der Waals surface area (Å²) in [5.74, 6) is -1.24. The molecule has 1 aliphatic rings. The Kier molecular flexibility index (Phi) is 10.8. The topological polar surface area (TPSA) is 163 Å². The molecule has 1 fully saturated rings. The number of rotatable bonds is 5. The van der Waals surface area contributed by atoms with Crippen LogP contribution in [0.15, 0.2) is 54.7 Å². The molecule has 0 atom stereocenters. The summed E-state index contributed by atoms with van der Waals surface area (Å²) in [5, 5.41) is 10.5. The van der Waals surface area contributed by atoms with E-state index in [2.05, 4.69) is 20.6 Å². The Morgan fingerprint density at radius 3 is 2.10 bits per heavy atom. The van der Waals surface area contributed by atoms with Gasteiger partial charge in [0.25, 0.3) is 16.0 Å². The molecule has 13 nitrogen and oxygen atoms in total. The van der Waals surface area contributed by atoms with Crippen molar-refractivity contribution < 1.29 is 31.3 Å². The molecule has 1 saturated heterocycles. The summed E-state index contributed by atoms with van der Waals surface area (Å²) in [7, 11) is -3.67. The number of carbonyl (C=O) groups excluding carboxylic acids is 2. The van der Waals surface area contributed by atoms with Crippen molar-refractivity contribution >= 4 is 39.4 Å². The molecular formula is C32H38F2N8O5S. The van der Waals surface area contributed by atoms with Gasteiger partial charge < -0.3 is 15.1 Å². The van der Waals surface area contributed by atoms with Crippen molar-refractivity contribution in [2.24, 2.45) is 0 Å². The molecule has 3 amide bonds. The van der Waals surface area contributed by atoms with Gasteiger partial charge in [-0.05, 0) is 50.2 Å². The third-order valence-corrected chi connectivity index (χ3v) is 7.25. The molecule has 0 unspecified atom stereocenters. The molecule has 0 aliphatic carbocycles. The highest BCUT2D eigenvalue weighted by Crippen LogP contribution is 2.27. The number of benzene rings is 1. The Morgan fingerprint density at radius 2 is 1.56 bits per heavy atom. The minimum absolute atomic E-state index is 0.237. The van der Waals surface area contributed by atoms with E-state index in [1.165, 1.54) is 11.0 Å². The van der Waals surface area contributed by atoms with Crippen molar-refractivity contribution in [1.29, 1.82) is 0 Å². The van der Waals surface area contributed by atoms with E-state index < -0.39 is 39.3 Å². The van der Waals surface area contributed by atoms with E-state index in [0.29, 0.717) is 42.4 Å². The first-order valence-corrected chi connectivity index (χ1v) is 16.8. The molecule has 4 aromatic rings. The van der Waals surface area contributed by atoms with Crippen LogP contribution >= 0.6 is 0 Å². The first-order valence-electron chi connectivity index (χ1n) is 14.9. The van der Waals surface area contributed by atoms with Crippen LogP contribution in [0.5, 0.6) is 0 Å². The van der Waals surface area contributed by atoms with Crippen molar-refractivity contribution in [2.45, 2.75) is 40.0 Å². The average Bonchev–Trinajstić information content (AvgIpc) is 3.42. The summed E-state index contributed by atoms with van der Waals surface area (Å²) in [6.07, 6.45) is 2.42. The van der Waals surface area contributed by atoms with Gasteiger partial charge in [-0.25, -0.2) is 23.2 Å². The quantitative estimate of drug-likeness (QED) is 0.247. The molecule has 48 heavy (non-hydrogen) atoms. The molecule has 3 N–H and O–H groups in total. The Bertz CT molecular complexity index is 1870. The SMILES string of the molecule is CS(=O)(=O)O.Cc1ccc(-n2nc(C(C)(C)C)cc2NC(=O)Nc2ccc(N3CCN(C(=O)c4c(F)cccc4F)CC3)nc2C)cn1. The average molecular weight is 685 g/mol. The third kappa shape index (κ3) is 9.32. The standard InChI is InChI=1S/C31H34F2N8O2.CH4O3S/c1-19-9-10-21(18-34-19)41-27(17-25(38-41)31(3,4)5)37-30(43)36-24-11-12-26(35-20(24)2)39-13-15-40(16-14-39)29(42)28-22(32)7-6-8-23(28)33;1-5(2,3)4/h6-12,17-18H,13-16H2,1-5H3,(H2,36,37,43);1H3,(H,2,3,4). The van der Waals surface area contributed by atoms with E-state index in [0.717, 1.165) is 29.2 Å². The number of carbonyl (C=O) groups is 2. The van der Waals surface area contributed by atoms with Gasteiger partial charge in [0, 0.05) is 43.4 Å². The van der Waals surface area contributed by atoms with Crippen LogP contribution in [0.2, 0.25) is 0 Å². The lowest BCUT2D eigenvalue weighted by Crippen LogP contribution is -2.49. The molecule has 3 aromatic heterocycles. The van der Waals surface area contributed by atoms with Gasteiger partial charge in [0.2, 0.25) is 0 Å². The number of amides is 3. The van der Waals surface area contributed by atoms with Crippen LogP contribution in [-0.4, -0.2) is 82.0 Å². The van der Waals surface area contributed by atoms with Gasteiger partial charge in [-0.2, -0.15) is 13.5 Å². The van der Waals surface area contributed by atoms with Crippen LogP contribution in [0.3, 0.4) is 0 Å². The van der Waals surface area contributed by atoms with Gasteiger partial charge in [0.1, 0.15) is 28.8 Å². The zero-order valence-corrected chi connectivity index (χ0v) is 28.3. The van der Waals surface area contributed by atoms with Gasteiger partial charge >= 0.3 is 6.03 Å². The fraction of sp³-hybridized carbons (Fsp3) is 0.344. The fourth-order valence-electron chi connectivity index (χ4n) is 4.74. The number of hydrogen-bond acceptors (Lipinski definition) is 8. The second-order valence-corrected chi connectivity index (χ2v) is 13.7. The van der Waals surface area contributed by atoms with E-state index in [-0.39, 0.29) is 18.5 Å². The zero-order valence-electron chi connectivity index (χ0n) is 27.5. The molecule has 5 rings (SSSR count). The summed E-state index contributed by atoms with van der Waals surface area (Å²) >= 11 is 0. The first kappa shape index (κ1) is 35.9. The lowest BCUT2D eigenvalue weighted by molar-refractivity contribution is 0.0736. The number of nitrogens with one attached hydrogen (secondary N) is 2. The zero-order chi connectivity index (χ0) is 35.4. The van der Waals surface area contributed by atoms with E-state index in [1.54, 1.807) is 29.9 Å². The maximum atomic E-state index is 14.1. The second kappa shape index (κ2) is 14.4. The molecule has 0 radical (unpaired) electrons. The summed E-state index contributed by atoms with van der Waals surface area (Å²) < 4.78 is 55.7. The molecule has 1 aliphatic heterocycles. The van der Waals surface area contributed by atoms with E-state index in [4.69, 9.17) is 9.65 Å². The van der Waals surface area contributed by atoms with Crippen LogP contribution in [0.1, 0.15) is 48.2 Å². The number of hydrogen-bond donors (Lipinski definition) is 3. The lowest BCUT2D eigenvalue weighted by atomic mass is 9.92. The van der Waals surface area contributed by atoms with E-state index in [1.807, 2.05) is 50.8 Å². The second-order valence-electron chi connectivity index (χ2n) is 12.2.